The molecule has 0 aliphatic carbocycles. The third-order valence-corrected chi connectivity index (χ3v) is 3.13. The van der Waals surface area contributed by atoms with E-state index in [0.717, 1.165) is 0 Å². The highest BCUT2D eigenvalue weighted by molar-refractivity contribution is 5.68. The van der Waals surface area contributed by atoms with Crippen LogP contribution in [0.4, 0.5) is 4.79 Å². The summed E-state index contributed by atoms with van der Waals surface area (Å²) in [4.78, 5) is 13.4. The number of rotatable bonds is 1. The van der Waals surface area contributed by atoms with Crippen molar-refractivity contribution in [2.24, 2.45) is 11.8 Å². The molecule has 2 rings (SSSR count). The molecule has 2 fully saturated rings. The molecule has 2 aliphatic heterocycles. The van der Waals surface area contributed by atoms with Gasteiger partial charge in [0.15, 0.2) is 0 Å². The van der Waals surface area contributed by atoms with Crippen molar-refractivity contribution in [2.75, 3.05) is 26.3 Å². The largest absolute Gasteiger partial charge is 0.447 e. The average Bonchev–Trinajstić information content (AvgIpc) is 2.15. The average molecular weight is 229 g/mol. The molecule has 2 unspecified atom stereocenters. The lowest BCUT2D eigenvalue weighted by atomic mass is 9.85. The Morgan fingerprint density at radius 1 is 1.38 bits per heavy atom. The van der Waals surface area contributed by atoms with Crippen molar-refractivity contribution in [3.8, 4) is 0 Å². The monoisotopic (exact) mass is 229 g/mol. The molecule has 2 bridgehead atoms. The fourth-order valence-electron chi connectivity index (χ4n) is 2.34. The fraction of sp³-hybridized carbons (Fsp3) is 0.909. The second-order valence-electron chi connectivity index (χ2n) is 4.89. The first-order chi connectivity index (χ1) is 7.58. The number of fused-ring (bicyclic) bond motifs is 2. The Kier molecular flexibility index (Phi) is 3.35. The van der Waals surface area contributed by atoms with Gasteiger partial charge in [0, 0.05) is 24.9 Å². The topological polar surface area (TPSA) is 59.0 Å². The number of piperidine rings is 1. The van der Waals surface area contributed by atoms with E-state index in [0.29, 0.717) is 26.3 Å². The van der Waals surface area contributed by atoms with E-state index in [4.69, 9.17) is 9.47 Å². The van der Waals surface area contributed by atoms with Gasteiger partial charge in [-0.1, -0.05) is 0 Å². The van der Waals surface area contributed by atoms with E-state index < -0.39 is 0 Å². The van der Waals surface area contributed by atoms with Crippen LogP contribution in [0.2, 0.25) is 0 Å². The Morgan fingerprint density at radius 2 is 1.94 bits per heavy atom. The van der Waals surface area contributed by atoms with Crippen LogP contribution in [0.3, 0.4) is 0 Å². The van der Waals surface area contributed by atoms with Crippen LogP contribution in [-0.4, -0.2) is 54.6 Å². The Labute approximate surface area is 95.3 Å². The van der Waals surface area contributed by atoms with Gasteiger partial charge in [-0.25, -0.2) is 4.79 Å². The molecule has 92 valence electrons. The highest BCUT2D eigenvalue weighted by Gasteiger charge is 2.41. The van der Waals surface area contributed by atoms with E-state index >= 15 is 0 Å². The van der Waals surface area contributed by atoms with E-state index in [2.05, 4.69) is 0 Å². The highest BCUT2D eigenvalue weighted by atomic mass is 16.6. The lowest BCUT2D eigenvalue weighted by molar-refractivity contribution is -0.119. The van der Waals surface area contributed by atoms with E-state index in [1.807, 2.05) is 13.8 Å². The van der Waals surface area contributed by atoms with Gasteiger partial charge in [-0.15, -0.1) is 0 Å². The van der Waals surface area contributed by atoms with Gasteiger partial charge >= 0.3 is 6.09 Å². The third kappa shape index (κ3) is 2.30. The predicted octanol–water partition coefficient (Wildman–Crippen LogP) is 0.470. The molecule has 2 heterocycles. The smallest absolute Gasteiger partial charge is 0.410 e. The number of carbonyl (C=O) groups is 1. The van der Waals surface area contributed by atoms with E-state index in [9.17, 15) is 9.90 Å². The molecule has 0 aromatic carbocycles. The summed E-state index contributed by atoms with van der Waals surface area (Å²) < 4.78 is 10.5. The van der Waals surface area contributed by atoms with Crippen LogP contribution in [0, 0.1) is 11.8 Å². The van der Waals surface area contributed by atoms with E-state index in [-0.39, 0.29) is 30.1 Å². The Balaban J connectivity index is 1.96. The van der Waals surface area contributed by atoms with Crippen molar-refractivity contribution >= 4 is 6.09 Å². The van der Waals surface area contributed by atoms with Crippen molar-refractivity contribution in [3.05, 3.63) is 0 Å². The molecule has 2 aliphatic rings. The number of nitrogens with zero attached hydrogens (tertiary/aromatic N) is 1. The Morgan fingerprint density at radius 3 is 2.44 bits per heavy atom. The molecule has 2 atom stereocenters. The molecule has 16 heavy (non-hydrogen) atoms. The zero-order chi connectivity index (χ0) is 11.7. The molecular weight excluding hydrogens is 210 g/mol. The zero-order valence-electron chi connectivity index (χ0n) is 9.76. The molecule has 0 radical (unpaired) electrons. The van der Waals surface area contributed by atoms with Gasteiger partial charge < -0.3 is 19.5 Å². The lowest BCUT2D eigenvalue weighted by Crippen LogP contribution is -2.57. The van der Waals surface area contributed by atoms with Crippen molar-refractivity contribution in [3.63, 3.8) is 0 Å². The first-order valence-electron chi connectivity index (χ1n) is 5.79. The lowest BCUT2D eigenvalue weighted by Gasteiger charge is -2.44. The van der Waals surface area contributed by atoms with Crippen LogP contribution < -0.4 is 0 Å². The Bertz CT molecular complexity index is 255. The normalized spacial score (nSPS) is 34.0. The van der Waals surface area contributed by atoms with Crippen molar-refractivity contribution in [1.82, 2.24) is 4.90 Å². The van der Waals surface area contributed by atoms with Crippen molar-refractivity contribution < 1.29 is 19.4 Å². The summed E-state index contributed by atoms with van der Waals surface area (Å²) in [5, 5.41) is 9.91. The Hall–Kier alpha value is -0.810. The predicted molar refractivity (Wildman–Crippen MR) is 57.0 cm³/mol. The standard InChI is InChI=1S/C11H19NO4/c1-7(2)16-11(14)12-3-8-5-15-6-9(4-12)10(8)13/h7-10,13H,3-6H2,1-2H3. The van der Waals surface area contributed by atoms with Crippen LogP contribution in [0.25, 0.3) is 0 Å². The molecule has 0 aromatic heterocycles. The van der Waals surface area contributed by atoms with Gasteiger partial charge in [0.05, 0.1) is 25.4 Å². The maximum absolute atomic E-state index is 11.7. The van der Waals surface area contributed by atoms with Gasteiger partial charge in [0.25, 0.3) is 0 Å². The molecule has 5 heteroatoms. The van der Waals surface area contributed by atoms with Gasteiger partial charge in [-0.3, -0.25) is 0 Å². The molecule has 0 spiro atoms. The molecular formula is C11H19NO4. The maximum Gasteiger partial charge on any atom is 0.410 e. The number of likely N-dealkylation sites (tertiary alicyclic amines) is 1. The van der Waals surface area contributed by atoms with Gasteiger partial charge in [0.1, 0.15) is 0 Å². The second-order valence-corrected chi connectivity index (χ2v) is 4.89. The summed E-state index contributed by atoms with van der Waals surface area (Å²) in [5.74, 6) is 0.0689. The first-order valence-corrected chi connectivity index (χ1v) is 5.79. The summed E-state index contributed by atoms with van der Waals surface area (Å²) >= 11 is 0. The van der Waals surface area contributed by atoms with Crippen LogP contribution in [0.5, 0.6) is 0 Å². The van der Waals surface area contributed by atoms with Crippen LogP contribution in [0.15, 0.2) is 0 Å². The van der Waals surface area contributed by atoms with Gasteiger partial charge in [0.2, 0.25) is 0 Å². The highest BCUT2D eigenvalue weighted by Crippen LogP contribution is 2.27. The first kappa shape index (κ1) is 11.7. The molecule has 1 amide bonds. The SMILES string of the molecule is CC(C)OC(=O)N1CC2COCC(C1)C2O. The minimum Gasteiger partial charge on any atom is -0.447 e. The molecule has 1 N–H and O–H groups in total. The zero-order valence-corrected chi connectivity index (χ0v) is 9.76. The molecule has 0 aromatic rings. The van der Waals surface area contributed by atoms with Gasteiger partial charge in [-0.2, -0.15) is 0 Å². The van der Waals surface area contributed by atoms with Gasteiger partial charge in [-0.05, 0) is 13.8 Å². The number of ether oxygens (including phenoxy) is 2. The van der Waals surface area contributed by atoms with Crippen molar-refractivity contribution in [1.29, 1.82) is 0 Å². The van der Waals surface area contributed by atoms with Crippen LogP contribution in [-0.2, 0) is 9.47 Å². The maximum atomic E-state index is 11.7. The number of hydrogen-bond acceptors (Lipinski definition) is 4. The number of aliphatic hydroxyl groups is 1. The second kappa shape index (κ2) is 4.59. The summed E-state index contributed by atoms with van der Waals surface area (Å²) in [6.45, 7) is 5.79. The number of carbonyl (C=O) groups excluding carboxylic acids is 1. The quantitative estimate of drug-likeness (QED) is 0.710. The fourth-order valence-corrected chi connectivity index (χ4v) is 2.34. The summed E-state index contributed by atoms with van der Waals surface area (Å²) in [7, 11) is 0. The molecule has 0 saturated carbocycles. The molecule has 2 saturated heterocycles. The van der Waals surface area contributed by atoms with E-state index in [1.165, 1.54) is 0 Å². The minimum absolute atomic E-state index is 0.0345. The van der Waals surface area contributed by atoms with Crippen molar-refractivity contribution in [2.45, 2.75) is 26.1 Å². The van der Waals surface area contributed by atoms with Crippen LogP contribution >= 0.6 is 0 Å². The third-order valence-electron chi connectivity index (χ3n) is 3.13. The minimum atomic E-state index is -0.336. The molecule has 5 nitrogen and oxygen atoms in total. The number of hydrogen-bond donors (Lipinski definition) is 1. The number of aliphatic hydroxyl groups excluding tert-OH is 1. The van der Waals surface area contributed by atoms with E-state index in [1.54, 1.807) is 4.90 Å². The summed E-state index contributed by atoms with van der Waals surface area (Å²) in [5.41, 5.74) is 0. The van der Waals surface area contributed by atoms with Crippen LogP contribution in [0.1, 0.15) is 13.8 Å². The number of amides is 1. The summed E-state index contributed by atoms with van der Waals surface area (Å²) in [6.07, 6.45) is -0.717. The summed E-state index contributed by atoms with van der Waals surface area (Å²) in [6, 6.07) is 0.